The monoisotopic (exact) mass is 271 g/mol. The van der Waals surface area contributed by atoms with Gasteiger partial charge in [0, 0.05) is 13.2 Å². The molecule has 1 unspecified atom stereocenters. The van der Waals surface area contributed by atoms with Gasteiger partial charge in [-0.2, -0.15) is 0 Å². The van der Waals surface area contributed by atoms with Gasteiger partial charge in [-0.05, 0) is 29.7 Å². The second-order valence-corrected chi connectivity index (χ2v) is 4.84. The summed E-state index contributed by atoms with van der Waals surface area (Å²) in [7, 11) is 1.67. The molecule has 2 aromatic rings. The van der Waals surface area contributed by atoms with Crippen LogP contribution in [0, 0.1) is 0 Å². The summed E-state index contributed by atoms with van der Waals surface area (Å²) in [4.78, 5) is 0. The fraction of sp³-hybridized carbons (Fsp3) is 0.294. The maximum absolute atomic E-state index is 5.93. The zero-order chi connectivity index (χ0) is 14.2. The van der Waals surface area contributed by atoms with Gasteiger partial charge < -0.3 is 15.2 Å². The lowest BCUT2D eigenvalue weighted by Crippen LogP contribution is -2.27. The Hall–Kier alpha value is -1.84. The third kappa shape index (κ3) is 4.68. The Balaban J connectivity index is 1.85. The van der Waals surface area contributed by atoms with Crippen LogP contribution in [0.4, 0.5) is 0 Å². The van der Waals surface area contributed by atoms with Crippen molar-refractivity contribution in [1.29, 1.82) is 0 Å². The smallest absolute Gasteiger partial charge is 0.119 e. The maximum atomic E-state index is 5.93. The third-order valence-corrected chi connectivity index (χ3v) is 3.05. The molecule has 2 rings (SSSR count). The topological polar surface area (TPSA) is 44.5 Å². The molecule has 2 N–H and O–H groups in total. The number of nitrogens with two attached hydrogens (primary N) is 1. The molecule has 106 valence electrons. The van der Waals surface area contributed by atoms with Crippen LogP contribution in [0.5, 0.6) is 5.75 Å². The first-order chi connectivity index (χ1) is 9.78. The van der Waals surface area contributed by atoms with E-state index in [4.69, 9.17) is 15.2 Å². The van der Waals surface area contributed by atoms with Crippen molar-refractivity contribution >= 4 is 0 Å². The minimum Gasteiger partial charge on any atom is -0.489 e. The summed E-state index contributed by atoms with van der Waals surface area (Å²) >= 11 is 0. The molecular formula is C17H21NO2. The Morgan fingerprint density at radius 3 is 2.30 bits per heavy atom. The van der Waals surface area contributed by atoms with Gasteiger partial charge in [-0.25, -0.2) is 0 Å². The van der Waals surface area contributed by atoms with Crippen molar-refractivity contribution in [2.24, 2.45) is 5.73 Å². The number of ether oxygens (including phenoxy) is 2. The van der Waals surface area contributed by atoms with E-state index in [9.17, 15) is 0 Å². The molecule has 0 aliphatic carbocycles. The van der Waals surface area contributed by atoms with E-state index in [1.165, 1.54) is 11.1 Å². The van der Waals surface area contributed by atoms with E-state index >= 15 is 0 Å². The number of hydrogen-bond acceptors (Lipinski definition) is 3. The summed E-state index contributed by atoms with van der Waals surface area (Å²) in [5.74, 6) is 0.873. The molecule has 0 aliphatic rings. The fourth-order valence-electron chi connectivity index (χ4n) is 2.04. The molecule has 0 heterocycles. The molecule has 0 bridgehead atoms. The first kappa shape index (κ1) is 14.6. The van der Waals surface area contributed by atoms with Gasteiger partial charge in [0.15, 0.2) is 0 Å². The van der Waals surface area contributed by atoms with Gasteiger partial charge in [0.05, 0.1) is 6.61 Å². The summed E-state index contributed by atoms with van der Waals surface area (Å²) in [5.41, 5.74) is 8.29. The van der Waals surface area contributed by atoms with E-state index in [-0.39, 0.29) is 6.04 Å². The first-order valence-corrected chi connectivity index (χ1v) is 6.78. The van der Waals surface area contributed by atoms with Crippen molar-refractivity contribution < 1.29 is 9.47 Å². The maximum Gasteiger partial charge on any atom is 0.119 e. The molecule has 0 aromatic heterocycles. The minimum absolute atomic E-state index is 0.0380. The van der Waals surface area contributed by atoms with Gasteiger partial charge in [-0.15, -0.1) is 0 Å². The van der Waals surface area contributed by atoms with Crippen LogP contribution in [-0.2, 0) is 17.8 Å². The quantitative estimate of drug-likeness (QED) is 0.842. The van der Waals surface area contributed by atoms with E-state index < -0.39 is 0 Å². The lowest BCUT2D eigenvalue weighted by atomic mass is 10.1. The lowest BCUT2D eigenvalue weighted by Gasteiger charge is -2.11. The third-order valence-electron chi connectivity index (χ3n) is 3.05. The Morgan fingerprint density at radius 2 is 1.65 bits per heavy atom. The Bertz CT molecular complexity index is 496. The van der Waals surface area contributed by atoms with Crippen molar-refractivity contribution in [1.82, 2.24) is 0 Å². The molecule has 0 saturated heterocycles. The average molecular weight is 271 g/mol. The van der Waals surface area contributed by atoms with Crippen molar-refractivity contribution in [2.75, 3.05) is 13.7 Å². The predicted molar refractivity (Wildman–Crippen MR) is 80.8 cm³/mol. The van der Waals surface area contributed by atoms with E-state index in [1.54, 1.807) is 7.11 Å². The molecular weight excluding hydrogens is 250 g/mol. The van der Waals surface area contributed by atoms with Crippen LogP contribution < -0.4 is 10.5 Å². The van der Waals surface area contributed by atoms with Gasteiger partial charge in [0.1, 0.15) is 12.4 Å². The van der Waals surface area contributed by atoms with Gasteiger partial charge in [-0.3, -0.25) is 0 Å². The first-order valence-electron chi connectivity index (χ1n) is 6.78. The molecule has 0 saturated carbocycles. The largest absolute Gasteiger partial charge is 0.489 e. The molecule has 2 aromatic carbocycles. The summed E-state index contributed by atoms with van der Waals surface area (Å²) in [6.45, 7) is 1.16. The van der Waals surface area contributed by atoms with Crippen LogP contribution in [0.2, 0.25) is 0 Å². The standard InChI is InChI=1S/C17H21NO2/c1-19-13-16(18)11-14-7-9-17(10-8-14)20-12-15-5-3-2-4-6-15/h2-10,16H,11-13,18H2,1H3. The summed E-state index contributed by atoms with van der Waals surface area (Å²) in [5, 5.41) is 0. The van der Waals surface area contributed by atoms with Crippen molar-refractivity contribution in [3.05, 3.63) is 65.7 Å². The highest BCUT2D eigenvalue weighted by molar-refractivity contribution is 5.28. The van der Waals surface area contributed by atoms with Gasteiger partial charge in [-0.1, -0.05) is 42.5 Å². The molecule has 0 spiro atoms. The highest BCUT2D eigenvalue weighted by Crippen LogP contribution is 2.15. The summed E-state index contributed by atoms with van der Waals surface area (Å²) < 4.78 is 10.8. The highest BCUT2D eigenvalue weighted by Gasteiger charge is 2.03. The number of rotatable bonds is 7. The number of benzene rings is 2. The molecule has 0 aliphatic heterocycles. The predicted octanol–water partition coefficient (Wildman–Crippen LogP) is 2.78. The van der Waals surface area contributed by atoms with Crippen LogP contribution in [-0.4, -0.2) is 19.8 Å². The Kier molecular flexibility index (Phi) is 5.59. The number of methoxy groups -OCH3 is 1. The van der Waals surface area contributed by atoms with Crippen LogP contribution in [0.15, 0.2) is 54.6 Å². The Morgan fingerprint density at radius 1 is 0.950 bits per heavy atom. The van der Waals surface area contributed by atoms with Crippen LogP contribution >= 0.6 is 0 Å². The van der Waals surface area contributed by atoms with E-state index in [1.807, 2.05) is 30.3 Å². The summed E-state index contributed by atoms with van der Waals surface area (Å²) in [6, 6.07) is 18.2. The molecule has 3 heteroatoms. The van der Waals surface area contributed by atoms with E-state index in [0.717, 1.165) is 12.2 Å². The van der Waals surface area contributed by atoms with Gasteiger partial charge in [0.2, 0.25) is 0 Å². The van der Waals surface area contributed by atoms with Crippen molar-refractivity contribution in [3.63, 3.8) is 0 Å². The van der Waals surface area contributed by atoms with Crippen molar-refractivity contribution in [3.8, 4) is 5.75 Å². The van der Waals surface area contributed by atoms with Gasteiger partial charge in [0.25, 0.3) is 0 Å². The van der Waals surface area contributed by atoms with Crippen LogP contribution in [0.1, 0.15) is 11.1 Å². The molecule has 20 heavy (non-hydrogen) atoms. The average Bonchev–Trinajstić information content (AvgIpc) is 2.48. The zero-order valence-corrected chi connectivity index (χ0v) is 11.8. The van der Waals surface area contributed by atoms with Crippen LogP contribution in [0.3, 0.4) is 0 Å². The molecule has 0 radical (unpaired) electrons. The molecule has 0 fully saturated rings. The minimum atomic E-state index is 0.0380. The van der Waals surface area contributed by atoms with Gasteiger partial charge >= 0.3 is 0 Å². The van der Waals surface area contributed by atoms with E-state index in [2.05, 4.69) is 24.3 Å². The molecule has 0 amide bonds. The molecule has 1 atom stereocenters. The lowest BCUT2D eigenvalue weighted by molar-refractivity contribution is 0.180. The number of hydrogen-bond donors (Lipinski definition) is 1. The van der Waals surface area contributed by atoms with Crippen molar-refractivity contribution in [2.45, 2.75) is 19.1 Å². The second-order valence-electron chi connectivity index (χ2n) is 4.84. The van der Waals surface area contributed by atoms with Crippen LogP contribution in [0.25, 0.3) is 0 Å². The fourth-order valence-corrected chi connectivity index (χ4v) is 2.04. The normalized spacial score (nSPS) is 12.1. The highest BCUT2D eigenvalue weighted by atomic mass is 16.5. The SMILES string of the molecule is COCC(N)Cc1ccc(OCc2ccccc2)cc1. The second kappa shape index (κ2) is 7.68. The Labute approximate surface area is 120 Å². The summed E-state index contributed by atoms with van der Waals surface area (Å²) in [6.07, 6.45) is 0.812. The molecule has 3 nitrogen and oxygen atoms in total. The zero-order valence-electron chi connectivity index (χ0n) is 11.8. The van der Waals surface area contributed by atoms with E-state index in [0.29, 0.717) is 13.2 Å².